The van der Waals surface area contributed by atoms with E-state index in [4.69, 9.17) is 10.7 Å². The summed E-state index contributed by atoms with van der Waals surface area (Å²) in [5.74, 6) is 0.343. The maximum Gasteiger partial charge on any atom is 0.330 e. The fourth-order valence-corrected chi connectivity index (χ4v) is 11.7. The number of carbonyl (C=O) groups is 3. The van der Waals surface area contributed by atoms with Gasteiger partial charge in [-0.1, -0.05) is 12.1 Å². The highest BCUT2D eigenvalue weighted by Gasteiger charge is 2.36. The van der Waals surface area contributed by atoms with Crippen LogP contribution >= 0.6 is 0 Å². The number of amides is 3. The Balaban J connectivity index is 0.642. The van der Waals surface area contributed by atoms with E-state index in [9.17, 15) is 19.2 Å². The lowest BCUT2D eigenvalue weighted by Gasteiger charge is -2.39. The Morgan fingerprint density at radius 2 is 1.54 bits per heavy atom. The van der Waals surface area contributed by atoms with Crippen LogP contribution in [-0.4, -0.2) is 120 Å². The minimum atomic E-state index is -0.838. The average molecular weight is 936 g/mol. The van der Waals surface area contributed by atoms with Gasteiger partial charge in [0, 0.05) is 124 Å². The normalized spacial score (nSPS) is 21.1. The van der Waals surface area contributed by atoms with E-state index in [2.05, 4.69) is 61.7 Å². The fourth-order valence-electron chi connectivity index (χ4n) is 11.7. The molecule has 1 unspecified atom stereocenters. The molecule has 3 amide bonds. The number of aromatic nitrogens is 5. The first-order valence-electron chi connectivity index (χ1n) is 25.0. The van der Waals surface area contributed by atoms with Crippen LogP contribution in [-0.2, 0) is 23.2 Å². The van der Waals surface area contributed by atoms with Gasteiger partial charge in [0.05, 0.1) is 11.0 Å². The van der Waals surface area contributed by atoms with Crippen molar-refractivity contribution in [1.29, 1.82) is 0 Å². The van der Waals surface area contributed by atoms with Crippen LogP contribution < -0.4 is 16.7 Å². The zero-order valence-electron chi connectivity index (χ0n) is 39.7. The molecule has 0 bridgehead atoms. The van der Waals surface area contributed by atoms with Gasteiger partial charge < -0.3 is 20.1 Å². The molecule has 11 rings (SSSR count). The molecule has 4 aliphatic heterocycles. The minimum Gasteiger partial charge on any atom is -0.384 e. The zero-order valence-corrected chi connectivity index (χ0v) is 39.7. The highest BCUT2D eigenvalue weighted by atomic mass is 19.1. The van der Waals surface area contributed by atoms with Gasteiger partial charge in [0.1, 0.15) is 23.3 Å². The van der Waals surface area contributed by atoms with Gasteiger partial charge >= 0.3 is 5.69 Å². The maximum absolute atomic E-state index is 15.8. The van der Waals surface area contributed by atoms with E-state index in [1.54, 1.807) is 10.6 Å². The van der Waals surface area contributed by atoms with Crippen LogP contribution in [0.1, 0.15) is 110 Å². The highest BCUT2D eigenvalue weighted by molar-refractivity contribution is 6.00. The Bertz CT molecular complexity index is 2970. The van der Waals surface area contributed by atoms with E-state index in [1.807, 2.05) is 47.6 Å². The van der Waals surface area contributed by atoms with Crippen molar-refractivity contribution in [2.45, 2.75) is 88.9 Å². The SMILES string of the molecule is C[C@@H](c1cc2c(-c3ccc(N)nc3)ccnc2n1C)N1CCC(c2ccc(C(=O)N3CCC(CN4CCN(Cc5cc6c(cc5F)n(C5CCC(=O)NC5=O)c(=O)n6C5CC5)CC4)CC3)cc2)CC1. The number of imidazole rings is 1. The van der Waals surface area contributed by atoms with Gasteiger partial charge in [-0.3, -0.25) is 38.6 Å². The quantitative estimate of drug-likeness (QED) is 0.139. The number of nitrogen functional groups attached to an aromatic ring is 1. The molecule has 2 atom stereocenters. The Labute approximate surface area is 401 Å². The first kappa shape index (κ1) is 45.2. The van der Waals surface area contributed by atoms with Gasteiger partial charge in [0.15, 0.2) is 0 Å². The van der Waals surface area contributed by atoms with Crippen LogP contribution in [0.3, 0.4) is 0 Å². The number of nitrogens with two attached hydrogens (primary N) is 1. The Morgan fingerprint density at radius 1 is 0.812 bits per heavy atom. The van der Waals surface area contributed by atoms with Crippen molar-refractivity contribution in [2.75, 3.05) is 64.6 Å². The summed E-state index contributed by atoms with van der Waals surface area (Å²) in [6, 6.07) is 19.2. The molecular weight excluding hydrogens is 874 g/mol. The summed E-state index contributed by atoms with van der Waals surface area (Å²) in [5, 5.41) is 3.46. The van der Waals surface area contributed by atoms with E-state index >= 15 is 4.39 Å². The number of hydrogen-bond acceptors (Lipinski definition) is 10. The summed E-state index contributed by atoms with van der Waals surface area (Å²) in [5.41, 5.74) is 13.6. The number of anilines is 1. The van der Waals surface area contributed by atoms with Gasteiger partial charge in [0.25, 0.3) is 5.91 Å². The van der Waals surface area contributed by atoms with Crippen molar-refractivity contribution >= 4 is 45.6 Å². The number of fused-ring (bicyclic) bond motifs is 2. The van der Waals surface area contributed by atoms with Gasteiger partial charge in [-0.25, -0.2) is 19.2 Å². The summed E-state index contributed by atoms with van der Waals surface area (Å²) in [6.07, 6.45) is 9.87. The Morgan fingerprint density at radius 3 is 2.23 bits per heavy atom. The van der Waals surface area contributed by atoms with Crippen LogP contribution in [0, 0.1) is 11.7 Å². The predicted octanol–water partition coefficient (Wildman–Crippen LogP) is 6.40. The van der Waals surface area contributed by atoms with E-state index in [0.29, 0.717) is 40.8 Å². The number of likely N-dealkylation sites (tertiary alicyclic amines) is 2. The molecule has 6 aromatic rings. The fraction of sp³-hybridized carbons (Fsp3) is 0.472. The third kappa shape index (κ3) is 8.87. The van der Waals surface area contributed by atoms with Gasteiger partial charge in [-0.15, -0.1) is 0 Å². The number of benzene rings is 2. The van der Waals surface area contributed by atoms with E-state index in [-0.39, 0.29) is 42.4 Å². The number of nitrogens with one attached hydrogen (secondary N) is 1. The molecule has 4 aromatic heterocycles. The smallest absolute Gasteiger partial charge is 0.330 e. The van der Waals surface area contributed by atoms with Crippen LogP contribution in [0.25, 0.3) is 33.2 Å². The number of piperidine rings is 3. The minimum absolute atomic E-state index is 0.0428. The van der Waals surface area contributed by atoms with Gasteiger partial charge in [-0.2, -0.15) is 0 Å². The predicted molar refractivity (Wildman–Crippen MR) is 263 cm³/mol. The molecule has 3 N–H and O–H groups in total. The highest BCUT2D eigenvalue weighted by Crippen LogP contribution is 2.39. The van der Waals surface area contributed by atoms with Crippen molar-refractivity contribution in [2.24, 2.45) is 13.0 Å². The molecule has 5 aliphatic rings. The summed E-state index contributed by atoms with van der Waals surface area (Å²) < 4.78 is 21.2. The van der Waals surface area contributed by atoms with Crippen molar-refractivity contribution in [3.05, 3.63) is 112 Å². The second-order valence-electron chi connectivity index (χ2n) is 20.3. The summed E-state index contributed by atoms with van der Waals surface area (Å²) in [4.78, 5) is 70.4. The molecule has 1 aliphatic carbocycles. The topological polar surface area (TPSA) is 160 Å². The maximum atomic E-state index is 15.8. The number of carbonyl (C=O) groups excluding carboxylic acids is 3. The molecule has 15 nitrogen and oxygen atoms in total. The lowest BCUT2D eigenvalue weighted by molar-refractivity contribution is -0.135. The number of nitrogens with zero attached hydrogens (tertiary/aromatic N) is 9. The Kier molecular flexibility index (Phi) is 12.2. The molecule has 0 radical (unpaired) electrons. The number of halogens is 1. The number of hydrogen-bond donors (Lipinski definition) is 2. The molecule has 0 spiro atoms. The molecule has 2 aromatic carbocycles. The van der Waals surface area contributed by atoms with Crippen LogP contribution in [0.15, 0.2) is 77.9 Å². The number of piperazine rings is 1. The van der Waals surface area contributed by atoms with Gasteiger partial charge in [-0.05, 0) is 130 Å². The first-order chi connectivity index (χ1) is 33.5. The third-order valence-corrected chi connectivity index (χ3v) is 16.0. The van der Waals surface area contributed by atoms with E-state index in [1.165, 1.54) is 21.9 Å². The lowest BCUT2D eigenvalue weighted by Crippen LogP contribution is -2.48. The van der Waals surface area contributed by atoms with Crippen molar-refractivity contribution in [3.63, 3.8) is 0 Å². The third-order valence-electron chi connectivity index (χ3n) is 16.0. The van der Waals surface area contributed by atoms with Crippen LogP contribution in [0.2, 0.25) is 0 Å². The van der Waals surface area contributed by atoms with Crippen molar-refractivity contribution in [3.8, 4) is 11.1 Å². The number of imide groups is 1. The second-order valence-corrected chi connectivity index (χ2v) is 20.3. The monoisotopic (exact) mass is 935 g/mol. The summed E-state index contributed by atoms with van der Waals surface area (Å²) in [6.45, 7) is 10.6. The number of pyridine rings is 2. The number of aryl methyl sites for hydroxylation is 1. The molecule has 360 valence electrons. The molecule has 5 fully saturated rings. The van der Waals surface area contributed by atoms with Crippen LogP contribution in [0.4, 0.5) is 10.2 Å². The lowest BCUT2D eigenvalue weighted by atomic mass is 9.88. The Hall–Kier alpha value is -6.23. The standard InChI is InChI=1S/C53H62FN11O4/c1-33(45-28-42-41(13-18-56-50(42)59(45)2)38-7-11-48(55)57-30-38)62-21-16-36(17-22-62)35-3-5-37(6-4-35)52(68)63-19-14-34(15-20-63)31-60-23-25-61(26-24-60)32-39-27-46-47(29-43(39)54)65(53(69)64(46)40-8-9-40)44-10-12-49(66)58-51(44)67/h3-7,11,13,18,27-30,33-34,36,40,44H,8-10,12,14-17,19-26,31-32H2,1-2H3,(H2,55,57)(H,58,66,67)/t33-,44?/m0/s1. The molecule has 4 saturated heterocycles. The van der Waals surface area contributed by atoms with E-state index in [0.717, 1.165) is 125 Å². The van der Waals surface area contributed by atoms with E-state index < -0.39 is 17.8 Å². The van der Waals surface area contributed by atoms with Gasteiger partial charge in [0.2, 0.25) is 11.8 Å². The van der Waals surface area contributed by atoms with Crippen molar-refractivity contribution < 1.29 is 18.8 Å². The molecular formula is C53H62FN11O4. The average Bonchev–Trinajstić information content (AvgIpc) is 4.09. The van der Waals surface area contributed by atoms with Crippen LogP contribution in [0.5, 0.6) is 0 Å². The zero-order chi connectivity index (χ0) is 47.5. The second kappa shape index (κ2) is 18.6. The largest absolute Gasteiger partial charge is 0.384 e. The number of rotatable bonds is 11. The van der Waals surface area contributed by atoms with Crippen molar-refractivity contribution in [1.82, 2.24) is 48.6 Å². The molecule has 1 saturated carbocycles. The first-order valence-corrected chi connectivity index (χ1v) is 25.0. The molecule has 69 heavy (non-hydrogen) atoms. The summed E-state index contributed by atoms with van der Waals surface area (Å²) >= 11 is 0. The molecule has 16 heteroatoms. The summed E-state index contributed by atoms with van der Waals surface area (Å²) in [7, 11) is 2.11. The molecule has 8 heterocycles.